The summed E-state index contributed by atoms with van der Waals surface area (Å²) in [6.07, 6.45) is 8.26. The van der Waals surface area contributed by atoms with Gasteiger partial charge in [-0.05, 0) is 38.5 Å². The number of halogens is 1. The normalized spacial score (nSPS) is 14.5. The van der Waals surface area contributed by atoms with E-state index in [-0.39, 0.29) is 0 Å². The highest BCUT2D eigenvalue weighted by Gasteiger charge is 2.18. The molecule has 0 aliphatic heterocycles. The highest BCUT2D eigenvalue weighted by atomic mass is 79.9. The molecule has 0 unspecified atom stereocenters. The third-order valence-corrected chi connectivity index (χ3v) is 3.59. The fourth-order valence-corrected chi connectivity index (χ4v) is 1.90. The van der Waals surface area contributed by atoms with Gasteiger partial charge in [0.1, 0.15) is 0 Å². The van der Waals surface area contributed by atoms with Gasteiger partial charge < -0.3 is 0 Å². The van der Waals surface area contributed by atoms with E-state index in [0.717, 1.165) is 5.33 Å². The van der Waals surface area contributed by atoms with Gasteiger partial charge in [0.25, 0.3) is 0 Å². The number of alkyl halides is 1. The predicted molar refractivity (Wildman–Crippen MR) is 74.6 cm³/mol. The molecule has 0 aromatic heterocycles. The van der Waals surface area contributed by atoms with Crippen LogP contribution in [0.25, 0.3) is 0 Å². The second-order valence-corrected chi connectivity index (χ2v) is 5.52. The second kappa shape index (κ2) is 7.27. The van der Waals surface area contributed by atoms with Crippen LogP contribution in [0, 0.1) is 5.41 Å². The van der Waals surface area contributed by atoms with Crippen molar-refractivity contribution in [1.82, 2.24) is 0 Å². The van der Waals surface area contributed by atoms with Crippen molar-refractivity contribution < 1.29 is 0 Å². The van der Waals surface area contributed by atoms with Crippen molar-refractivity contribution in [1.29, 1.82) is 0 Å². The minimum Gasteiger partial charge on any atom is -0.0883 e. The van der Waals surface area contributed by atoms with Crippen molar-refractivity contribution in [3.05, 3.63) is 23.3 Å². The van der Waals surface area contributed by atoms with Crippen LogP contribution in [-0.4, -0.2) is 5.33 Å². The molecule has 0 spiro atoms. The average Bonchev–Trinajstić information content (AvgIpc) is 2.17. The Hall–Kier alpha value is -0.0400. The van der Waals surface area contributed by atoms with E-state index in [1.165, 1.54) is 30.4 Å². The molecule has 0 saturated carbocycles. The molecular weight excluding hydrogens is 248 g/mol. The largest absolute Gasteiger partial charge is 0.0883 e. The molecule has 0 aromatic carbocycles. The third-order valence-electron chi connectivity index (χ3n) is 3.27. The highest BCUT2D eigenvalue weighted by Crippen LogP contribution is 2.31. The van der Waals surface area contributed by atoms with E-state index in [1.54, 1.807) is 0 Å². The summed E-state index contributed by atoms with van der Waals surface area (Å²) in [7, 11) is 0. The molecular formula is C14H25Br. The SMILES string of the molecule is CC/C(C)=C/CCC(C)(C)/C(C)=C/CBr. The molecule has 0 aliphatic carbocycles. The molecule has 0 rings (SSSR count). The smallest absolute Gasteiger partial charge is 0.0214 e. The summed E-state index contributed by atoms with van der Waals surface area (Å²) in [6, 6.07) is 0. The topological polar surface area (TPSA) is 0 Å². The maximum Gasteiger partial charge on any atom is 0.0214 e. The van der Waals surface area contributed by atoms with Crippen LogP contribution in [0.4, 0.5) is 0 Å². The zero-order chi connectivity index (χ0) is 11.9. The zero-order valence-corrected chi connectivity index (χ0v) is 12.4. The first-order valence-corrected chi connectivity index (χ1v) is 6.95. The standard InChI is InChI=1S/C14H25Br/c1-6-12(2)8-7-10-14(4,5)13(3)9-11-15/h8-9H,6-7,10-11H2,1-5H3/b12-8+,13-9+. The maximum atomic E-state index is 3.46. The fraction of sp³-hybridized carbons (Fsp3) is 0.714. The Kier molecular flexibility index (Phi) is 7.25. The average molecular weight is 273 g/mol. The number of hydrogen-bond acceptors (Lipinski definition) is 0. The van der Waals surface area contributed by atoms with Gasteiger partial charge in [-0.2, -0.15) is 0 Å². The lowest BCUT2D eigenvalue weighted by molar-refractivity contribution is 0.411. The molecule has 0 aromatic rings. The highest BCUT2D eigenvalue weighted by molar-refractivity contribution is 9.09. The second-order valence-electron chi connectivity index (χ2n) is 4.87. The van der Waals surface area contributed by atoms with Gasteiger partial charge in [-0.15, -0.1) is 0 Å². The number of hydrogen-bond donors (Lipinski definition) is 0. The lowest BCUT2D eigenvalue weighted by Crippen LogP contribution is -2.12. The molecule has 88 valence electrons. The lowest BCUT2D eigenvalue weighted by atomic mass is 9.80. The molecule has 0 radical (unpaired) electrons. The van der Waals surface area contributed by atoms with Crippen molar-refractivity contribution in [2.75, 3.05) is 5.33 Å². The summed E-state index contributed by atoms with van der Waals surface area (Å²) in [5.74, 6) is 0. The first kappa shape index (κ1) is 15.0. The Labute approximate surface area is 104 Å². The van der Waals surface area contributed by atoms with Crippen molar-refractivity contribution >= 4 is 15.9 Å². The Bertz CT molecular complexity index is 234. The van der Waals surface area contributed by atoms with Gasteiger partial charge in [0.05, 0.1) is 0 Å². The maximum absolute atomic E-state index is 3.46. The summed E-state index contributed by atoms with van der Waals surface area (Å²) >= 11 is 3.46. The van der Waals surface area contributed by atoms with Crippen LogP contribution in [0.15, 0.2) is 23.3 Å². The first-order valence-electron chi connectivity index (χ1n) is 5.83. The minimum atomic E-state index is 0.332. The van der Waals surface area contributed by atoms with Crippen LogP contribution >= 0.6 is 15.9 Å². The van der Waals surface area contributed by atoms with E-state index >= 15 is 0 Å². The number of allylic oxidation sites excluding steroid dienone is 4. The molecule has 0 saturated heterocycles. The third kappa shape index (κ3) is 6.19. The van der Waals surface area contributed by atoms with Crippen molar-refractivity contribution in [3.8, 4) is 0 Å². The van der Waals surface area contributed by atoms with Gasteiger partial charge in [0.15, 0.2) is 0 Å². The summed E-state index contributed by atoms with van der Waals surface area (Å²) in [4.78, 5) is 0. The van der Waals surface area contributed by atoms with Crippen LogP contribution in [0.3, 0.4) is 0 Å². The zero-order valence-electron chi connectivity index (χ0n) is 10.9. The van der Waals surface area contributed by atoms with Gasteiger partial charge in [-0.1, -0.05) is 60.0 Å². The monoisotopic (exact) mass is 272 g/mol. The van der Waals surface area contributed by atoms with E-state index in [2.05, 4.69) is 62.7 Å². The Morgan fingerprint density at radius 3 is 2.27 bits per heavy atom. The van der Waals surface area contributed by atoms with Gasteiger partial charge in [0, 0.05) is 5.33 Å². The predicted octanol–water partition coefficient (Wildman–Crippen LogP) is 5.49. The summed E-state index contributed by atoms with van der Waals surface area (Å²) in [6.45, 7) is 11.3. The molecule has 0 nitrogen and oxygen atoms in total. The van der Waals surface area contributed by atoms with Gasteiger partial charge in [0.2, 0.25) is 0 Å². The van der Waals surface area contributed by atoms with Gasteiger partial charge in [-0.25, -0.2) is 0 Å². The first-order chi connectivity index (χ1) is 6.94. The van der Waals surface area contributed by atoms with E-state index < -0.39 is 0 Å². The molecule has 0 aliphatic rings. The lowest BCUT2D eigenvalue weighted by Gasteiger charge is -2.25. The molecule has 0 amide bonds. The quantitative estimate of drug-likeness (QED) is 0.443. The Morgan fingerprint density at radius 2 is 1.80 bits per heavy atom. The van der Waals surface area contributed by atoms with E-state index in [1.807, 2.05) is 0 Å². The fourth-order valence-electron chi connectivity index (χ4n) is 1.41. The van der Waals surface area contributed by atoms with Crippen LogP contribution in [-0.2, 0) is 0 Å². The molecule has 0 bridgehead atoms. The van der Waals surface area contributed by atoms with E-state index in [0.29, 0.717) is 5.41 Å². The van der Waals surface area contributed by atoms with Crippen LogP contribution < -0.4 is 0 Å². The molecule has 0 N–H and O–H groups in total. The molecule has 1 heteroatoms. The van der Waals surface area contributed by atoms with E-state index in [9.17, 15) is 0 Å². The number of rotatable bonds is 6. The van der Waals surface area contributed by atoms with Crippen molar-refractivity contribution in [3.63, 3.8) is 0 Å². The van der Waals surface area contributed by atoms with Crippen molar-refractivity contribution in [2.45, 2.75) is 53.9 Å². The van der Waals surface area contributed by atoms with Gasteiger partial charge >= 0.3 is 0 Å². The molecule has 0 fully saturated rings. The molecule has 0 heterocycles. The molecule has 15 heavy (non-hydrogen) atoms. The van der Waals surface area contributed by atoms with Crippen LogP contribution in [0.1, 0.15) is 53.9 Å². The van der Waals surface area contributed by atoms with E-state index in [4.69, 9.17) is 0 Å². The molecule has 0 atom stereocenters. The minimum absolute atomic E-state index is 0.332. The Morgan fingerprint density at radius 1 is 1.20 bits per heavy atom. The summed E-state index contributed by atoms with van der Waals surface area (Å²) in [5, 5.41) is 0.964. The summed E-state index contributed by atoms with van der Waals surface area (Å²) < 4.78 is 0. The van der Waals surface area contributed by atoms with Crippen LogP contribution in [0.5, 0.6) is 0 Å². The van der Waals surface area contributed by atoms with Crippen molar-refractivity contribution in [2.24, 2.45) is 5.41 Å². The summed E-state index contributed by atoms with van der Waals surface area (Å²) in [5.41, 5.74) is 3.33. The van der Waals surface area contributed by atoms with Gasteiger partial charge in [-0.3, -0.25) is 0 Å². The Balaban J connectivity index is 4.21. The van der Waals surface area contributed by atoms with Crippen LogP contribution in [0.2, 0.25) is 0 Å².